The van der Waals surface area contributed by atoms with Crippen LogP contribution in [0.2, 0.25) is 0 Å². The van der Waals surface area contributed by atoms with Crippen LogP contribution in [0.15, 0.2) is 18.3 Å². The van der Waals surface area contributed by atoms with Gasteiger partial charge in [0.1, 0.15) is 0 Å². The maximum absolute atomic E-state index is 5.19. The molecular formula is C15H26N2O. The smallest absolute Gasteiger partial charge is 0.0488 e. The highest BCUT2D eigenvalue weighted by Gasteiger charge is 2.12. The molecular weight excluding hydrogens is 224 g/mol. The minimum absolute atomic E-state index is 0.468. The van der Waals surface area contributed by atoms with E-state index in [9.17, 15) is 0 Å². The van der Waals surface area contributed by atoms with Gasteiger partial charge in [-0.2, -0.15) is 0 Å². The maximum atomic E-state index is 5.19. The van der Waals surface area contributed by atoms with Crippen molar-refractivity contribution >= 4 is 0 Å². The molecule has 18 heavy (non-hydrogen) atoms. The first-order chi connectivity index (χ1) is 8.69. The number of nitrogens with zero attached hydrogens (tertiary/aromatic N) is 1. The zero-order valence-electron chi connectivity index (χ0n) is 12.1. The van der Waals surface area contributed by atoms with E-state index in [1.165, 1.54) is 5.56 Å². The maximum Gasteiger partial charge on any atom is 0.0488 e. The third kappa shape index (κ3) is 5.15. The summed E-state index contributed by atoms with van der Waals surface area (Å²) in [6.45, 7) is 5.20. The molecule has 102 valence electrons. The number of hydrogen-bond donors (Lipinski definition) is 1. The van der Waals surface area contributed by atoms with Crippen LogP contribution in [0.25, 0.3) is 0 Å². The lowest BCUT2D eigenvalue weighted by Gasteiger charge is -2.20. The first-order valence-electron chi connectivity index (χ1n) is 6.79. The Bertz CT molecular complexity index is 324. The lowest BCUT2D eigenvalue weighted by atomic mass is 9.98. The molecule has 0 aliphatic heterocycles. The van der Waals surface area contributed by atoms with Crippen molar-refractivity contribution in [3.8, 4) is 0 Å². The van der Waals surface area contributed by atoms with E-state index >= 15 is 0 Å². The largest absolute Gasteiger partial charge is 0.384 e. The average Bonchev–Trinajstić information content (AvgIpc) is 2.39. The average molecular weight is 250 g/mol. The normalized spacial score (nSPS) is 14.4. The number of rotatable bonds is 8. The second-order valence-electron chi connectivity index (χ2n) is 5.00. The fourth-order valence-corrected chi connectivity index (χ4v) is 2.18. The molecule has 1 aromatic heterocycles. The predicted octanol–water partition coefficient (Wildman–Crippen LogP) is 2.45. The Labute approximate surface area is 111 Å². The first kappa shape index (κ1) is 15.1. The molecule has 0 saturated carbocycles. The van der Waals surface area contributed by atoms with Crippen LogP contribution < -0.4 is 5.32 Å². The standard InChI is InChI=1S/C15H26N2O/c1-5-13-6-7-14(17-10-13)9-15(16-3)8-12(2)11-18-4/h6-7,10,12,15-16H,5,8-9,11H2,1-4H3. The molecule has 0 radical (unpaired) electrons. The van der Waals surface area contributed by atoms with E-state index in [0.717, 1.165) is 31.6 Å². The Morgan fingerprint density at radius 1 is 1.39 bits per heavy atom. The van der Waals surface area contributed by atoms with Gasteiger partial charge in [-0.25, -0.2) is 0 Å². The van der Waals surface area contributed by atoms with Crippen LogP contribution in [0.4, 0.5) is 0 Å². The monoisotopic (exact) mass is 250 g/mol. The van der Waals surface area contributed by atoms with Crippen LogP contribution >= 0.6 is 0 Å². The topological polar surface area (TPSA) is 34.1 Å². The third-order valence-corrected chi connectivity index (χ3v) is 3.30. The summed E-state index contributed by atoms with van der Waals surface area (Å²) in [6, 6.07) is 4.78. The molecule has 1 N–H and O–H groups in total. The minimum atomic E-state index is 0.468. The second kappa shape index (κ2) is 8.22. The summed E-state index contributed by atoms with van der Waals surface area (Å²) in [4.78, 5) is 4.52. The molecule has 1 heterocycles. The van der Waals surface area contributed by atoms with Gasteiger partial charge in [0.2, 0.25) is 0 Å². The summed E-state index contributed by atoms with van der Waals surface area (Å²) >= 11 is 0. The number of nitrogens with one attached hydrogen (secondary N) is 1. The van der Waals surface area contributed by atoms with Gasteiger partial charge in [0, 0.05) is 38.1 Å². The van der Waals surface area contributed by atoms with Crippen LogP contribution in [0.5, 0.6) is 0 Å². The van der Waals surface area contributed by atoms with Crippen molar-refractivity contribution in [1.82, 2.24) is 10.3 Å². The van der Waals surface area contributed by atoms with Crippen LogP contribution in [-0.2, 0) is 17.6 Å². The van der Waals surface area contributed by atoms with Crippen LogP contribution in [0.3, 0.4) is 0 Å². The van der Waals surface area contributed by atoms with E-state index < -0.39 is 0 Å². The zero-order chi connectivity index (χ0) is 13.4. The molecule has 2 atom stereocenters. The van der Waals surface area contributed by atoms with E-state index in [-0.39, 0.29) is 0 Å². The van der Waals surface area contributed by atoms with Gasteiger partial charge in [-0.1, -0.05) is 19.9 Å². The molecule has 0 aliphatic carbocycles. The summed E-state index contributed by atoms with van der Waals surface area (Å²) in [5.41, 5.74) is 2.46. The van der Waals surface area contributed by atoms with E-state index in [2.05, 4.69) is 36.3 Å². The molecule has 2 unspecified atom stereocenters. The number of pyridine rings is 1. The van der Waals surface area contributed by atoms with Gasteiger partial charge in [-0.3, -0.25) is 4.98 Å². The van der Waals surface area contributed by atoms with Crippen LogP contribution in [0, 0.1) is 5.92 Å². The van der Waals surface area contributed by atoms with E-state index in [4.69, 9.17) is 4.74 Å². The number of ether oxygens (including phenoxy) is 1. The lowest BCUT2D eigenvalue weighted by molar-refractivity contribution is 0.150. The highest BCUT2D eigenvalue weighted by atomic mass is 16.5. The summed E-state index contributed by atoms with van der Waals surface area (Å²) in [7, 11) is 3.78. The molecule has 1 rings (SSSR count). The number of likely N-dealkylation sites (N-methyl/N-ethyl adjacent to an activating group) is 1. The Hall–Kier alpha value is -0.930. The van der Waals surface area contributed by atoms with Crippen LogP contribution in [0.1, 0.15) is 31.5 Å². The van der Waals surface area contributed by atoms with Crippen molar-refractivity contribution in [3.63, 3.8) is 0 Å². The SMILES string of the molecule is CCc1ccc(CC(CC(C)COC)NC)nc1. The molecule has 0 spiro atoms. The summed E-state index contributed by atoms with van der Waals surface area (Å²) < 4.78 is 5.19. The Kier molecular flexibility index (Phi) is 6.91. The van der Waals surface area contributed by atoms with Crippen molar-refractivity contribution < 1.29 is 4.74 Å². The number of hydrogen-bond acceptors (Lipinski definition) is 3. The van der Waals surface area contributed by atoms with Crippen molar-refractivity contribution in [2.24, 2.45) is 5.92 Å². The zero-order valence-corrected chi connectivity index (χ0v) is 12.1. The van der Waals surface area contributed by atoms with Gasteiger partial charge in [0.05, 0.1) is 0 Å². The highest BCUT2D eigenvalue weighted by molar-refractivity contribution is 5.14. The van der Waals surface area contributed by atoms with E-state index in [0.29, 0.717) is 12.0 Å². The van der Waals surface area contributed by atoms with Gasteiger partial charge >= 0.3 is 0 Å². The van der Waals surface area contributed by atoms with Gasteiger partial charge in [-0.15, -0.1) is 0 Å². The van der Waals surface area contributed by atoms with Gasteiger partial charge in [-0.05, 0) is 37.4 Å². The fourth-order valence-electron chi connectivity index (χ4n) is 2.18. The van der Waals surface area contributed by atoms with Crippen LogP contribution in [-0.4, -0.2) is 31.8 Å². The molecule has 0 aliphatic rings. The van der Waals surface area contributed by atoms with E-state index in [1.807, 2.05) is 13.2 Å². The van der Waals surface area contributed by atoms with Crippen molar-refractivity contribution in [2.75, 3.05) is 20.8 Å². The third-order valence-electron chi connectivity index (χ3n) is 3.30. The minimum Gasteiger partial charge on any atom is -0.384 e. The molecule has 0 amide bonds. The summed E-state index contributed by atoms with van der Waals surface area (Å²) in [5.74, 6) is 0.572. The summed E-state index contributed by atoms with van der Waals surface area (Å²) in [6.07, 6.45) is 5.13. The highest BCUT2D eigenvalue weighted by Crippen LogP contribution is 2.11. The number of methoxy groups -OCH3 is 1. The van der Waals surface area contributed by atoms with Crippen molar-refractivity contribution in [1.29, 1.82) is 0 Å². The fraction of sp³-hybridized carbons (Fsp3) is 0.667. The molecule has 0 bridgehead atoms. The Morgan fingerprint density at radius 3 is 2.67 bits per heavy atom. The van der Waals surface area contributed by atoms with Crippen molar-refractivity contribution in [3.05, 3.63) is 29.6 Å². The van der Waals surface area contributed by atoms with Gasteiger partial charge in [0.15, 0.2) is 0 Å². The quantitative estimate of drug-likeness (QED) is 0.769. The molecule has 1 aromatic rings. The Morgan fingerprint density at radius 2 is 2.17 bits per heavy atom. The second-order valence-corrected chi connectivity index (χ2v) is 5.00. The Balaban J connectivity index is 2.50. The van der Waals surface area contributed by atoms with Crippen molar-refractivity contribution in [2.45, 2.75) is 39.2 Å². The number of aryl methyl sites for hydroxylation is 1. The first-order valence-corrected chi connectivity index (χ1v) is 6.79. The molecule has 3 heteroatoms. The lowest BCUT2D eigenvalue weighted by Crippen LogP contribution is -2.30. The summed E-state index contributed by atoms with van der Waals surface area (Å²) in [5, 5.41) is 3.37. The van der Waals surface area contributed by atoms with E-state index in [1.54, 1.807) is 7.11 Å². The molecule has 3 nitrogen and oxygen atoms in total. The number of aromatic nitrogens is 1. The molecule has 0 aromatic carbocycles. The molecule has 0 fully saturated rings. The molecule has 0 saturated heterocycles. The van der Waals surface area contributed by atoms with Gasteiger partial charge < -0.3 is 10.1 Å². The van der Waals surface area contributed by atoms with Gasteiger partial charge in [0.25, 0.3) is 0 Å². The predicted molar refractivity (Wildman–Crippen MR) is 75.8 cm³/mol.